The third-order valence-electron chi connectivity index (χ3n) is 3.85. The van der Waals surface area contributed by atoms with E-state index in [9.17, 15) is 0 Å². The van der Waals surface area contributed by atoms with Crippen molar-refractivity contribution in [3.05, 3.63) is 23.8 Å². The number of ether oxygens (including phenoxy) is 2. The molecule has 1 aromatic rings. The minimum atomic E-state index is 0.643. The number of hydrogen-bond donors (Lipinski definition) is 2. The Kier molecular flexibility index (Phi) is 5.05. The van der Waals surface area contributed by atoms with Crippen molar-refractivity contribution in [3.63, 3.8) is 0 Å². The summed E-state index contributed by atoms with van der Waals surface area (Å²) in [5.74, 6) is 2.39. The van der Waals surface area contributed by atoms with E-state index in [0.717, 1.165) is 36.9 Å². The highest BCUT2D eigenvalue weighted by molar-refractivity contribution is 5.42. The number of methoxy groups -OCH3 is 2. The summed E-state index contributed by atoms with van der Waals surface area (Å²) in [5, 5.41) is 3.58. The first kappa shape index (κ1) is 14.2. The van der Waals surface area contributed by atoms with Crippen LogP contribution in [0.2, 0.25) is 0 Å². The summed E-state index contributed by atoms with van der Waals surface area (Å²) in [4.78, 5) is 0. The lowest BCUT2D eigenvalue weighted by Crippen LogP contribution is -2.41. The highest BCUT2D eigenvalue weighted by Crippen LogP contribution is 2.31. The molecule has 0 heterocycles. The summed E-state index contributed by atoms with van der Waals surface area (Å²) >= 11 is 0. The van der Waals surface area contributed by atoms with Crippen molar-refractivity contribution >= 4 is 0 Å². The molecule has 0 spiro atoms. The van der Waals surface area contributed by atoms with E-state index in [1.54, 1.807) is 14.2 Å². The molecule has 0 amide bonds. The molecule has 4 heteroatoms. The Morgan fingerprint density at radius 2 is 1.95 bits per heavy atom. The standard InChI is InChI=1S/C15H24N2O2/c1-18-14-4-3-12(9-15(14)19-2)10-17-13-7-11(8-13)5-6-16/h3-4,9,11,13,17H,5-8,10,16H2,1-2H3. The molecule has 2 rings (SSSR count). The van der Waals surface area contributed by atoms with Crippen LogP contribution in [0.15, 0.2) is 18.2 Å². The Morgan fingerprint density at radius 1 is 1.21 bits per heavy atom. The van der Waals surface area contributed by atoms with Crippen molar-refractivity contribution in [2.75, 3.05) is 20.8 Å². The van der Waals surface area contributed by atoms with E-state index < -0.39 is 0 Å². The van der Waals surface area contributed by atoms with Crippen molar-refractivity contribution in [1.29, 1.82) is 0 Å². The molecule has 1 aliphatic carbocycles. The second-order valence-electron chi connectivity index (χ2n) is 5.18. The Labute approximate surface area is 115 Å². The Morgan fingerprint density at radius 3 is 2.58 bits per heavy atom. The molecule has 0 atom stereocenters. The van der Waals surface area contributed by atoms with Gasteiger partial charge >= 0.3 is 0 Å². The van der Waals surface area contributed by atoms with Crippen LogP contribution in [0.1, 0.15) is 24.8 Å². The molecule has 0 aliphatic heterocycles. The number of rotatable bonds is 7. The van der Waals surface area contributed by atoms with E-state index in [0.29, 0.717) is 6.04 Å². The van der Waals surface area contributed by atoms with Gasteiger partial charge in [-0.25, -0.2) is 0 Å². The highest BCUT2D eigenvalue weighted by atomic mass is 16.5. The highest BCUT2D eigenvalue weighted by Gasteiger charge is 2.27. The molecule has 3 N–H and O–H groups in total. The SMILES string of the molecule is COc1ccc(CNC2CC(CCN)C2)cc1OC. The van der Waals surface area contributed by atoms with Crippen LogP contribution < -0.4 is 20.5 Å². The molecule has 106 valence electrons. The monoisotopic (exact) mass is 264 g/mol. The van der Waals surface area contributed by atoms with Gasteiger partial charge in [0.25, 0.3) is 0 Å². The van der Waals surface area contributed by atoms with Gasteiger partial charge in [0.15, 0.2) is 11.5 Å². The van der Waals surface area contributed by atoms with Crippen LogP contribution >= 0.6 is 0 Å². The fourth-order valence-electron chi connectivity index (χ4n) is 2.63. The van der Waals surface area contributed by atoms with Crippen LogP contribution in [0, 0.1) is 5.92 Å². The van der Waals surface area contributed by atoms with Crippen molar-refractivity contribution < 1.29 is 9.47 Å². The normalized spacial score (nSPS) is 21.8. The van der Waals surface area contributed by atoms with Gasteiger partial charge in [-0.2, -0.15) is 0 Å². The van der Waals surface area contributed by atoms with Crippen molar-refractivity contribution in [2.24, 2.45) is 11.7 Å². The molecule has 1 aliphatic rings. The average molecular weight is 264 g/mol. The lowest BCUT2D eigenvalue weighted by Gasteiger charge is -2.36. The maximum Gasteiger partial charge on any atom is 0.161 e. The fraction of sp³-hybridized carbons (Fsp3) is 0.600. The summed E-state index contributed by atoms with van der Waals surface area (Å²) in [7, 11) is 3.32. The predicted molar refractivity (Wildman–Crippen MR) is 76.6 cm³/mol. The molecule has 1 saturated carbocycles. The summed E-state index contributed by atoms with van der Waals surface area (Å²) in [6, 6.07) is 6.70. The minimum absolute atomic E-state index is 0.643. The average Bonchev–Trinajstić information content (AvgIpc) is 2.40. The summed E-state index contributed by atoms with van der Waals surface area (Å²) in [6.45, 7) is 1.69. The van der Waals surface area contributed by atoms with Gasteiger partial charge in [-0.05, 0) is 49.4 Å². The second kappa shape index (κ2) is 6.78. The molecule has 0 bridgehead atoms. The number of nitrogens with two attached hydrogens (primary N) is 1. The van der Waals surface area contributed by atoms with Gasteiger partial charge in [0, 0.05) is 12.6 Å². The van der Waals surface area contributed by atoms with Crippen LogP contribution in [0.3, 0.4) is 0 Å². The van der Waals surface area contributed by atoms with Gasteiger partial charge in [0.2, 0.25) is 0 Å². The lowest BCUT2D eigenvalue weighted by molar-refractivity contribution is 0.212. The van der Waals surface area contributed by atoms with Gasteiger partial charge < -0.3 is 20.5 Å². The topological polar surface area (TPSA) is 56.5 Å². The third-order valence-corrected chi connectivity index (χ3v) is 3.85. The lowest BCUT2D eigenvalue weighted by atomic mass is 9.78. The molecule has 1 aromatic carbocycles. The maximum absolute atomic E-state index is 5.56. The van der Waals surface area contributed by atoms with Crippen LogP contribution in [0.25, 0.3) is 0 Å². The Hall–Kier alpha value is -1.26. The van der Waals surface area contributed by atoms with Gasteiger partial charge in [-0.15, -0.1) is 0 Å². The first-order chi connectivity index (χ1) is 9.26. The zero-order valence-corrected chi connectivity index (χ0v) is 11.8. The Balaban J connectivity index is 1.80. The van der Waals surface area contributed by atoms with Gasteiger partial charge in [0.1, 0.15) is 0 Å². The summed E-state index contributed by atoms with van der Waals surface area (Å²) < 4.78 is 10.5. The molecular formula is C15H24N2O2. The molecule has 19 heavy (non-hydrogen) atoms. The smallest absolute Gasteiger partial charge is 0.161 e. The molecule has 0 unspecified atom stereocenters. The van der Waals surface area contributed by atoms with Crippen LogP contribution in [-0.2, 0) is 6.54 Å². The van der Waals surface area contributed by atoms with E-state index >= 15 is 0 Å². The zero-order chi connectivity index (χ0) is 13.7. The van der Waals surface area contributed by atoms with Crippen molar-refractivity contribution in [2.45, 2.75) is 31.8 Å². The molecule has 0 aromatic heterocycles. The van der Waals surface area contributed by atoms with Gasteiger partial charge in [-0.3, -0.25) is 0 Å². The van der Waals surface area contributed by atoms with Crippen molar-refractivity contribution in [1.82, 2.24) is 5.32 Å². The van der Waals surface area contributed by atoms with Crippen molar-refractivity contribution in [3.8, 4) is 11.5 Å². The Bertz CT molecular complexity index is 403. The first-order valence-corrected chi connectivity index (χ1v) is 6.91. The minimum Gasteiger partial charge on any atom is -0.493 e. The number of hydrogen-bond acceptors (Lipinski definition) is 4. The molecule has 1 fully saturated rings. The first-order valence-electron chi connectivity index (χ1n) is 6.91. The summed E-state index contributed by atoms with van der Waals surface area (Å²) in [6.07, 6.45) is 3.67. The number of benzene rings is 1. The van der Waals surface area contributed by atoms with Crippen LogP contribution in [0.4, 0.5) is 0 Å². The molecule has 4 nitrogen and oxygen atoms in total. The quantitative estimate of drug-likeness (QED) is 0.790. The molecular weight excluding hydrogens is 240 g/mol. The summed E-state index contributed by atoms with van der Waals surface area (Å²) in [5.41, 5.74) is 6.78. The van der Waals surface area contributed by atoms with Crippen LogP contribution in [0.5, 0.6) is 11.5 Å². The third kappa shape index (κ3) is 3.61. The van der Waals surface area contributed by atoms with E-state index in [1.165, 1.54) is 18.4 Å². The number of nitrogens with one attached hydrogen (secondary N) is 1. The van der Waals surface area contributed by atoms with E-state index in [1.807, 2.05) is 12.1 Å². The molecule has 0 radical (unpaired) electrons. The predicted octanol–water partition coefficient (Wildman–Crippen LogP) is 1.92. The van der Waals surface area contributed by atoms with E-state index in [-0.39, 0.29) is 0 Å². The largest absolute Gasteiger partial charge is 0.493 e. The van der Waals surface area contributed by atoms with Crippen LogP contribution in [-0.4, -0.2) is 26.8 Å². The zero-order valence-electron chi connectivity index (χ0n) is 11.8. The van der Waals surface area contributed by atoms with Gasteiger partial charge in [0.05, 0.1) is 14.2 Å². The molecule has 0 saturated heterocycles. The second-order valence-corrected chi connectivity index (χ2v) is 5.18. The van der Waals surface area contributed by atoms with Gasteiger partial charge in [-0.1, -0.05) is 6.07 Å². The van der Waals surface area contributed by atoms with E-state index in [2.05, 4.69) is 11.4 Å². The fourth-order valence-corrected chi connectivity index (χ4v) is 2.63. The van der Waals surface area contributed by atoms with E-state index in [4.69, 9.17) is 15.2 Å². The maximum atomic E-state index is 5.56.